The molecule has 4 heteroatoms. The topological polar surface area (TPSA) is 62.2 Å². The summed E-state index contributed by atoms with van der Waals surface area (Å²) in [4.78, 5) is 12.6. The van der Waals surface area contributed by atoms with Gasteiger partial charge in [-0.3, -0.25) is 10.2 Å². The Labute approximate surface area is 131 Å². The number of amides is 1. The first-order valence-electron chi connectivity index (χ1n) is 7.89. The number of rotatable bonds is 2. The van der Waals surface area contributed by atoms with Crippen LogP contribution in [-0.4, -0.2) is 17.4 Å². The van der Waals surface area contributed by atoms with E-state index in [2.05, 4.69) is 5.32 Å². The van der Waals surface area contributed by atoms with Crippen molar-refractivity contribution in [2.24, 2.45) is 0 Å². The molecule has 22 heavy (non-hydrogen) atoms. The standard InChI is InChI=1S/C18H22N2O2/c1-12-6-8-14(9-7-12)20-17(21)15-13(2)18(22-16(15)19)10-4-3-5-11-18/h6-9,19H,3-5,10-11H2,1-2H3,(H,20,21). The van der Waals surface area contributed by atoms with Gasteiger partial charge in [0.2, 0.25) is 5.90 Å². The van der Waals surface area contributed by atoms with Crippen molar-refractivity contribution in [1.82, 2.24) is 0 Å². The minimum atomic E-state index is -0.407. The Balaban J connectivity index is 1.84. The molecule has 1 amide bonds. The molecule has 0 aromatic heterocycles. The SMILES string of the molecule is CC1=C(C(=O)Nc2ccc(C)cc2)C(=N)OC12CCCCC2. The second kappa shape index (κ2) is 5.59. The Bertz CT molecular complexity index is 638. The molecule has 0 bridgehead atoms. The van der Waals surface area contributed by atoms with Crippen LogP contribution in [0.2, 0.25) is 0 Å². The predicted octanol–water partition coefficient (Wildman–Crippen LogP) is 3.96. The highest BCUT2D eigenvalue weighted by Crippen LogP contribution is 2.43. The lowest BCUT2D eigenvalue weighted by molar-refractivity contribution is -0.112. The number of ether oxygens (including phenoxy) is 1. The molecule has 1 aliphatic carbocycles. The van der Waals surface area contributed by atoms with E-state index in [1.807, 2.05) is 38.1 Å². The van der Waals surface area contributed by atoms with Crippen molar-refractivity contribution >= 4 is 17.5 Å². The third-order valence-corrected chi connectivity index (χ3v) is 4.78. The van der Waals surface area contributed by atoms with Crippen LogP contribution in [0.1, 0.15) is 44.6 Å². The summed E-state index contributed by atoms with van der Waals surface area (Å²) in [7, 11) is 0. The first-order valence-corrected chi connectivity index (χ1v) is 7.89. The minimum Gasteiger partial charge on any atom is -0.466 e. The molecule has 0 atom stereocenters. The van der Waals surface area contributed by atoms with E-state index in [0.717, 1.165) is 42.5 Å². The first kappa shape index (κ1) is 14.8. The zero-order valence-corrected chi connectivity index (χ0v) is 13.2. The van der Waals surface area contributed by atoms with Crippen molar-refractivity contribution in [3.05, 3.63) is 41.0 Å². The van der Waals surface area contributed by atoms with Crippen molar-refractivity contribution in [1.29, 1.82) is 5.41 Å². The molecule has 3 rings (SSSR count). The molecule has 116 valence electrons. The molecule has 4 nitrogen and oxygen atoms in total. The highest BCUT2D eigenvalue weighted by Gasteiger charge is 2.46. The number of aryl methyl sites for hydroxylation is 1. The second-order valence-corrected chi connectivity index (χ2v) is 6.31. The molecule has 1 aromatic rings. The van der Waals surface area contributed by atoms with Crippen molar-refractivity contribution in [3.63, 3.8) is 0 Å². The van der Waals surface area contributed by atoms with Crippen LogP contribution >= 0.6 is 0 Å². The Morgan fingerprint density at radius 1 is 1.14 bits per heavy atom. The predicted molar refractivity (Wildman–Crippen MR) is 87.1 cm³/mol. The van der Waals surface area contributed by atoms with E-state index < -0.39 is 5.60 Å². The molecule has 1 aromatic carbocycles. The Hall–Kier alpha value is -2.10. The lowest BCUT2D eigenvalue weighted by atomic mass is 9.79. The maximum atomic E-state index is 12.6. The lowest BCUT2D eigenvalue weighted by Gasteiger charge is -2.33. The van der Waals surface area contributed by atoms with Gasteiger partial charge in [0.15, 0.2) is 0 Å². The Morgan fingerprint density at radius 2 is 1.77 bits per heavy atom. The summed E-state index contributed by atoms with van der Waals surface area (Å²) < 4.78 is 5.84. The zero-order valence-electron chi connectivity index (χ0n) is 13.2. The summed E-state index contributed by atoms with van der Waals surface area (Å²) in [5.74, 6) is -0.224. The molecule has 2 aliphatic rings. The molecule has 1 fully saturated rings. The van der Waals surface area contributed by atoms with Crippen molar-refractivity contribution < 1.29 is 9.53 Å². The van der Waals surface area contributed by atoms with Gasteiger partial charge in [-0.05, 0) is 57.2 Å². The van der Waals surface area contributed by atoms with Gasteiger partial charge in [-0.2, -0.15) is 0 Å². The van der Waals surface area contributed by atoms with Gasteiger partial charge in [-0.25, -0.2) is 0 Å². The van der Waals surface area contributed by atoms with Crippen LogP contribution in [0.4, 0.5) is 5.69 Å². The largest absolute Gasteiger partial charge is 0.466 e. The molecule has 1 aliphatic heterocycles. The number of nitrogens with one attached hydrogen (secondary N) is 2. The summed E-state index contributed by atoms with van der Waals surface area (Å²) in [6.45, 7) is 3.95. The summed E-state index contributed by atoms with van der Waals surface area (Å²) in [6.07, 6.45) is 5.20. The van der Waals surface area contributed by atoms with Crippen molar-refractivity contribution in [2.75, 3.05) is 5.32 Å². The molecule has 1 heterocycles. The smallest absolute Gasteiger partial charge is 0.261 e. The summed E-state index contributed by atoms with van der Waals surface area (Å²) in [6, 6.07) is 7.66. The van der Waals surface area contributed by atoms with Crippen molar-refractivity contribution in [3.8, 4) is 0 Å². The Kier molecular flexibility index (Phi) is 3.77. The van der Waals surface area contributed by atoms with Crippen LogP contribution in [0.25, 0.3) is 0 Å². The minimum absolute atomic E-state index is 0.0176. The maximum Gasteiger partial charge on any atom is 0.261 e. The van der Waals surface area contributed by atoms with E-state index in [-0.39, 0.29) is 11.8 Å². The fraction of sp³-hybridized carbons (Fsp3) is 0.444. The molecule has 1 spiro atoms. The van der Waals surface area contributed by atoms with E-state index in [4.69, 9.17) is 10.1 Å². The molecule has 0 unspecified atom stereocenters. The van der Waals surface area contributed by atoms with Crippen LogP contribution in [-0.2, 0) is 9.53 Å². The zero-order chi connectivity index (χ0) is 15.7. The fourth-order valence-corrected chi connectivity index (χ4v) is 3.42. The third-order valence-electron chi connectivity index (χ3n) is 4.78. The van der Waals surface area contributed by atoms with E-state index in [9.17, 15) is 4.79 Å². The van der Waals surface area contributed by atoms with E-state index >= 15 is 0 Å². The highest BCUT2D eigenvalue weighted by molar-refractivity contribution is 6.24. The number of carbonyl (C=O) groups excluding carboxylic acids is 1. The number of carbonyl (C=O) groups is 1. The van der Waals surface area contributed by atoms with Gasteiger partial charge in [0.05, 0.1) is 0 Å². The first-order chi connectivity index (χ1) is 10.5. The normalized spacial score (nSPS) is 20.2. The van der Waals surface area contributed by atoms with Gasteiger partial charge in [0.25, 0.3) is 5.91 Å². The average molecular weight is 298 g/mol. The molecular formula is C18H22N2O2. The van der Waals surface area contributed by atoms with Gasteiger partial charge < -0.3 is 10.1 Å². The van der Waals surface area contributed by atoms with Crippen molar-refractivity contribution in [2.45, 2.75) is 51.6 Å². The van der Waals surface area contributed by atoms with Crippen LogP contribution in [0.15, 0.2) is 35.4 Å². The summed E-state index contributed by atoms with van der Waals surface area (Å²) in [5.41, 5.74) is 2.80. The molecule has 1 saturated carbocycles. The van der Waals surface area contributed by atoms with E-state index in [1.54, 1.807) is 0 Å². The Morgan fingerprint density at radius 3 is 2.41 bits per heavy atom. The highest BCUT2D eigenvalue weighted by atomic mass is 16.5. The molecule has 2 N–H and O–H groups in total. The number of anilines is 1. The van der Waals surface area contributed by atoms with Crippen LogP contribution in [0, 0.1) is 12.3 Å². The lowest BCUT2D eigenvalue weighted by Crippen LogP contribution is -2.33. The van der Waals surface area contributed by atoms with Gasteiger partial charge in [-0.15, -0.1) is 0 Å². The third kappa shape index (κ3) is 2.54. The number of hydrogen-bond acceptors (Lipinski definition) is 3. The van der Waals surface area contributed by atoms with E-state index in [0.29, 0.717) is 5.57 Å². The van der Waals surface area contributed by atoms with Crippen LogP contribution < -0.4 is 5.32 Å². The van der Waals surface area contributed by atoms with Gasteiger partial charge in [0.1, 0.15) is 11.2 Å². The number of hydrogen-bond donors (Lipinski definition) is 2. The average Bonchev–Trinajstić information content (AvgIpc) is 2.73. The second-order valence-electron chi connectivity index (χ2n) is 6.31. The molecule has 0 saturated heterocycles. The number of benzene rings is 1. The van der Waals surface area contributed by atoms with Crippen LogP contribution in [0.3, 0.4) is 0 Å². The molecular weight excluding hydrogens is 276 g/mol. The van der Waals surface area contributed by atoms with Gasteiger partial charge in [-0.1, -0.05) is 24.1 Å². The maximum absolute atomic E-state index is 12.6. The monoisotopic (exact) mass is 298 g/mol. The van der Waals surface area contributed by atoms with Crippen LogP contribution in [0.5, 0.6) is 0 Å². The summed E-state index contributed by atoms with van der Waals surface area (Å²) in [5, 5.41) is 11.0. The summed E-state index contributed by atoms with van der Waals surface area (Å²) >= 11 is 0. The fourth-order valence-electron chi connectivity index (χ4n) is 3.42. The van der Waals surface area contributed by atoms with Gasteiger partial charge in [0, 0.05) is 5.69 Å². The molecule has 0 radical (unpaired) electrons. The quantitative estimate of drug-likeness (QED) is 0.868. The van der Waals surface area contributed by atoms with Gasteiger partial charge >= 0.3 is 0 Å². The van der Waals surface area contributed by atoms with E-state index in [1.165, 1.54) is 6.42 Å².